The number of benzene rings is 2. The summed E-state index contributed by atoms with van der Waals surface area (Å²) in [6.07, 6.45) is 4.04. The van der Waals surface area contributed by atoms with E-state index in [0.717, 1.165) is 27.5 Å². The number of anilines is 2. The van der Waals surface area contributed by atoms with Crippen molar-refractivity contribution in [1.29, 1.82) is 0 Å². The number of nitrogens with one attached hydrogen (secondary N) is 2. The van der Waals surface area contributed by atoms with E-state index in [1.54, 1.807) is 0 Å². The maximum absolute atomic E-state index is 12.5. The van der Waals surface area contributed by atoms with Crippen LogP contribution in [0.15, 0.2) is 84.0 Å². The first kappa shape index (κ1) is 18.4. The summed E-state index contributed by atoms with van der Waals surface area (Å²) in [5.41, 5.74) is 4.21. The second-order valence-electron chi connectivity index (χ2n) is 7.01. The molecule has 7 heteroatoms. The first-order chi connectivity index (χ1) is 14.7. The van der Waals surface area contributed by atoms with Gasteiger partial charge < -0.3 is 15.0 Å². The van der Waals surface area contributed by atoms with Gasteiger partial charge in [0.15, 0.2) is 0 Å². The Balaban J connectivity index is 1.25. The smallest absolute Gasteiger partial charge is 0.238 e. The minimum atomic E-state index is -0.447. The Kier molecular flexibility index (Phi) is 4.72. The number of carbonyl (C=O) groups excluding carboxylic acids is 2. The Morgan fingerprint density at radius 2 is 1.87 bits per heavy atom. The molecule has 148 valence electrons. The van der Waals surface area contributed by atoms with Crippen molar-refractivity contribution >= 4 is 40.6 Å². The van der Waals surface area contributed by atoms with Gasteiger partial charge in [-0.25, -0.2) is 4.98 Å². The van der Waals surface area contributed by atoms with Gasteiger partial charge in [-0.15, -0.1) is 11.8 Å². The Morgan fingerprint density at radius 3 is 2.70 bits per heavy atom. The normalized spacial score (nSPS) is 15.5. The van der Waals surface area contributed by atoms with Gasteiger partial charge >= 0.3 is 0 Å². The van der Waals surface area contributed by atoms with Crippen molar-refractivity contribution in [2.24, 2.45) is 0 Å². The van der Waals surface area contributed by atoms with Gasteiger partial charge in [0.1, 0.15) is 5.65 Å². The SMILES string of the molecule is O=C(CC1Sc2ccccc2NC1=O)Nc1ccc(-c2cn3ccccc3n2)cc1. The molecule has 1 unspecified atom stereocenters. The van der Waals surface area contributed by atoms with Crippen LogP contribution in [0, 0.1) is 0 Å². The van der Waals surface area contributed by atoms with Gasteiger partial charge in [0, 0.05) is 35.0 Å². The Bertz CT molecular complexity index is 1220. The van der Waals surface area contributed by atoms with E-state index in [9.17, 15) is 9.59 Å². The van der Waals surface area contributed by atoms with Gasteiger partial charge in [-0.3, -0.25) is 9.59 Å². The molecule has 1 atom stereocenters. The number of nitrogens with zero attached hydrogens (tertiary/aromatic N) is 2. The molecule has 0 bridgehead atoms. The highest BCUT2D eigenvalue weighted by atomic mass is 32.2. The molecule has 0 radical (unpaired) electrons. The van der Waals surface area contributed by atoms with Crippen molar-refractivity contribution in [2.75, 3.05) is 10.6 Å². The lowest BCUT2D eigenvalue weighted by Gasteiger charge is -2.23. The molecular formula is C23H18N4O2S. The minimum absolute atomic E-state index is 0.110. The summed E-state index contributed by atoms with van der Waals surface area (Å²) in [7, 11) is 0. The van der Waals surface area contributed by atoms with Crippen molar-refractivity contribution in [1.82, 2.24) is 9.38 Å². The molecule has 1 aliphatic heterocycles. The van der Waals surface area contributed by atoms with Crippen molar-refractivity contribution in [3.05, 3.63) is 79.1 Å². The summed E-state index contributed by atoms with van der Waals surface area (Å²) in [4.78, 5) is 30.4. The number of hydrogen-bond donors (Lipinski definition) is 2. The van der Waals surface area contributed by atoms with Crippen LogP contribution in [0.25, 0.3) is 16.9 Å². The highest BCUT2D eigenvalue weighted by molar-refractivity contribution is 8.01. The molecule has 6 nitrogen and oxygen atoms in total. The zero-order valence-electron chi connectivity index (χ0n) is 15.9. The maximum atomic E-state index is 12.5. The fourth-order valence-electron chi connectivity index (χ4n) is 3.41. The lowest BCUT2D eigenvalue weighted by atomic mass is 10.1. The largest absolute Gasteiger partial charge is 0.326 e. The number of imidazole rings is 1. The third-order valence-corrected chi connectivity index (χ3v) is 6.18. The van der Waals surface area contributed by atoms with E-state index >= 15 is 0 Å². The average Bonchev–Trinajstić information content (AvgIpc) is 3.19. The third-order valence-electron chi connectivity index (χ3n) is 4.91. The Hall–Kier alpha value is -3.58. The predicted molar refractivity (Wildman–Crippen MR) is 119 cm³/mol. The number of hydrogen-bond acceptors (Lipinski definition) is 4. The van der Waals surface area contributed by atoms with E-state index in [2.05, 4.69) is 15.6 Å². The molecule has 0 saturated carbocycles. The molecule has 5 rings (SSSR count). The fourth-order valence-corrected chi connectivity index (χ4v) is 4.52. The van der Waals surface area contributed by atoms with Gasteiger partial charge in [-0.2, -0.15) is 0 Å². The maximum Gasteiger partial charge on any atom is 0.238 e. The van der Waals surface area contributed by atoms with Crippen molar-refractivity contribution < 1.29 is 9.59 Å². The fraction of sp³-hybridized carbons (Fsp3) is 0.0870. The van der Waals surface area contributed by atoms with Crippen molar-refractivity contribution in [3.63, 3.8) is 0 Å². The molecule has 2 N–H and O–H groups in total. The van der Waals surface area contributed by atoms with Gasteiger partial charge in [-0.05, 0) is 36.4 Å². The molecular weight excluding hydrogens is 396 g/mol. The van der Waals surface area contributed by atoms with Crippen LogP contribution in [0.5, 0.6) is 0 Å². The number of rotatable bonds is 4. The third kappa shape index (κ3) is 3.67. The van der Waals surface area contributed by atoms with Crippen molar-refractivity contribution in [3.8, 4) is 11.3 Å². The molecule has 2 aromatic heterocycles. The van der Waals surface area contributed by atoms with Gasteiger partial charge in [0.25, 0.3) is 0 Å². The first-order valence-corrected chi connectivity index (χ1v) is 10.4. The second-order valence-corrected chi connectivity index (χ2v) is 8.26. The Labute approximate surface area is 177 Å². The molecule has 2 aromatic carbocycles. The standard InChI is InChI=1S/C23H18N4O2S/c28-22(13-20-23(29)26-17-5-1-2-6-19(17)30-20)24-16-10-8-15(9-11-16)18-14-27-12-4-3-7-21(27)25-18/h1-12,14,20H,13H2,(H,24,28)(H,26,29). The summed E-state index contributed by atoms with van der Waals surface area (Å²) in [5, 5.41) is 5.30. The van der Waals surface area contributed by atoms with Gasteiger partial charge in [0.2, 0.25) is 11.8 Å². The molecule has 4 aromatic rings. The lowest BCUT2D eigenvalue weighted by molar-refractivity contribution is -0.120. The van der Waals surface area contributed by atoms with E-state index in [0.29, 0.717) is 5.69 Å². The molecule has 0 aliphatic carbocycles. The molecule has 0 spiro atoms. The van der Waals surface area contributed by atoms with Crippen LogP contribution >= 0.6 is 11.8 Å². The monoisotopic (exact) mass is 414 g/mol. The predicted octanol–water partition coefficient (Wildman–Crippen LogP) is 4.44. The van der Waals surface area contributed by atoms with E-state index in [1.165, 1.54) is 11.8 Å². The molecule has 2 amide bonds. The van der Waals surface area contributed by atoms with E-state index in [4.69, 9.17) is 0 Å². The van der Waals surface area contributed by atoms with Crippen LogP contribution in [0.1, 0.15) is 6.42 Å². The highest BCUT2D eigenvalue weighted by Gasteiger charge is 2.28. The summed E-state index contributed by atoms with van der Waals surface area (Å²) >= 11 is 1.42. The number of para-hydroxylation sites is 1. The highest BCUT2D eigenvalue weighted by Crippen LogP contribution is 2.36. The molecule has 0 fully saturated rings. The number of aromatic nitrogens is 2. The zero-order chi connectivity index (χ0) is 20.5. The number of thioether (sulfide) groups is 1. The second kappa shape index (κ2) is 7.68. The van der Waals surface area contributed by atoms with Gasteiger partial charge in [0.05, 0.1) is 16.6 Å². The number of carbonyl (C=O) groups is 2. The van der Waals surface area contributed by atoms with E-state index < -0.39 is 5.25 Å². The summed E-state index contributed by atoms with van der Waals surface area (Å²) in [6.45, 7) is 0. The van der Waals surface area contributed by atoms with E-state index in [-0.39, 0.29) is 18.2 Å². The number of pyridine rings is 1. The molecule has 3 heterocycles. The minimum Gasteiger partial charge on any atom is -0.326 e. The molecule has 0 saturated heterocycles. The summed E-state index contributed by atoms with van der Waals surface area (Å²) in [6, 6.07) is 21.0. The van der Waals surface area contributed by atoms with Gasteiger partial charge in [-0.1, -0.05) is 30.3 Å². The van der Waals surface area contributed by atoms with Crippen LogP contribution in [0.3, 0.4) is 0 Å². The van der Waals surface area contributed by atoms with Crippen LogP contribution in [-0.4, -0.2) is 26.4 Å². The topological polar surface area (TPSA) is 75.5 Å². The average molecular weight is 414 g/mol. The lowest BCUT2D eigenvalue weighted by Crippen LogP contribution is -2.32. The zero-order valence-corrected chi connectivity index (χ0v) is 16.7. The quantitative estimate of drug-likeness (QED) is 0.518. The van der Waals surface area contributed by atoms with Crippen LogP contribution in [0.2, 0.25) is 0 Å². The number of fused-ring (bicyclic) bond motifs is 2. The summed E-state index contributed by atoms with van der Waals surface area (Å²) < 4.78 is 1.97. The Morgan fingerprint density at radius 1 is 1.07 bits per heavy atom. The van der Waals surface area contributed by atoms with E-state index in [1.807, 2.05) is 83.5 Å². The van der Waals surface area contributed by atoms with Crippen LogP contribution in [0.4, 0.5) is 11.4 Å². The van der Waals surface area contributed by atoms with Crippen LogP contribution < -0.4 is 10.6 Å². The summed E-state index contributed by atoms with van der Waals surface area (Å²) in [5.74, 6) is -0.335. The molecule has 30 heavy (non-hydrogen) atoms. The first-order valence-electron chi connectivity index (χ1n) is 9.56. The number of amides is 2. The van der Waals surface area contributed by atoms with Crippen LogP contribution in [-0.2, 0) is 9.59 Å². The molecule has 1 aliphatic rings. The van der Waals surface area contributed by atoms with Crippen molar-refractivity contribution in [2.45, 2.75) is 16.6 Å².